The monoisotopic (exact) mass is 211 g/mol. The second-order valence-corrected chi connectivity index (χ2v) is 3.66. The number of alkyl halides is 3. The Morgan fingerprint density at radius 2 is 2.07 bits per heavy atom. The van der Waals surface area contributed by atoms with Crippen LogP contribution < -0.4 is 0 Å². The van der Waals surface area contributed by atoms with Crippen LogP contribution in [-0.2, 0) is 4.74 Å². The Kier molecular flexibility index (Phi) is 3.78. The molecule has 1 rings (SSSR count). The zero-order valence-corrected chi connectivity index (χ0v) is 8.47. The van der Waals surface area contributed by atoms with E-state index in [4.69, 9.17) is 4.74 Å². The third kappa shape index (κ3) is 3.13. The van der Waals surface area contributed by atoms with Gasteiger partial charge in [-0.3, -0.25) is 0 Å². The van der Waals surface area contributed by atoms with Crippen molar-refractivity contribution in [1.82, 2.24) is 4.90 Å². The lowest BCUT2D eigenvalue weighted by molar-refractivity contribution is -0.229. The molecule has 0 N–H and O–H groups in total. The van der Waals surface area contributed by atoms with E-state index in [2.05, 4.69) is 0 Å². The predicted molar refractivity (Wildman–Crippen MR) is 47.1 cm³/mol. The molecule has 1 aliphatic heterocycles. The van der Waals surface area contributed by atoms with Crippen molar-refractivity contribution in [2.75, 3.05) is 19.6 Å². The second kappa shape index (κ2) is 4.49. The van der Waals surface area contributed by atoms with Crippen LogP contribution in [0.15, 0.2) is 0 Å². The van der Waals surface area contributed by atoms with Crippen LogP contribution in [0.1, 0.15) is 20.3 Å². The van der Waals surface area contributed by atoms with Crippen LogP contribution in [0.25, 0.3) is 0 Å². The first-order chi connectivity index (χ1) is 6.43. The molecule has 1 aliphatic rings. The van der Waals surface area contributed by atoms with Gasteiger partial charge in [0.1, 0.15) is 0 Å². The largest absolute Gasteiger partial charge is 0.415 e. The number of likely N-dealkylation sites (N-methyl/N-ethyl adjacent to an activating group) is 1. The summed E-state index contributed by atoms with van der Waals surface area (Å²) < 4.78 is 42.3. The fourth-order valence-corrected chi connectivity index (χ4v) is 1.55. The standard InChI is InChI=1S/C9H16F3NO/c1-3-13-5-4-7(2)14-8(6-13)9(10,11)12/h7-8H,3-6H2,1-2H3. The van der Waals surface area contributed by atoms with Gasteiger partial charge in [-0.2, -0.15) is 13.2 Å². The number of hydrogen-bond donors (Lipinski definition) is 0. The highest BCUT2D eigenvalue weighted by Gasteiger charge is 2.43. The Hall–Kier alpha value is -0.290. The molecule has 2 nitrogen and oxygen atoms in total. The van der Waals surface area contributed by atoms with Gasteiger partial charge in [-0.15, -0.1) is 0 Å². The Labute approximate surface area is 82.0 Å². The van der Waals surface area contributed by atoms with Crippen molar-refractivity contribution in [1.29, 1.82) is 0 Å². The minimum absolute atomic E-state index is 0.0374. The van der Waals surface area contributed by atoms with Gasteiger partial charge in [0.2, 0.25) is 0 Å². The molecule has 0 spiro atoms. The van der Waals surface area contributed by atoms with Gasteiger partial charge < -0.3 is 9.64 Å². The van der Waals surface area contributed by atoms with Crippen LogP contribution in [0, 0.1) is 0 Å². The first kappa shape index (κ1) is 11.8. The Bertz CT molecular complexity index is 183. The molecule has 0 saturated carbocycles. The van der Waals surface area contributed by atoms with E-state index < -0.39 is 12.3 Å². The molecule has 0 aliphatic carbocycles. The quantitative estimate of drug-likeness (QED) is 0.658. The minimum atomic E-state index is -4.24. The number of halogens is 3. The average molecular weight is 211 g/mol. The first-order valence-corrected chi connectivity index (χ1v) is 4.88. The van der Waals surface area contributed by atoms with Crippen LogP contribution in [0.2, 0.25) is 0 Å². The van der Waals surface area contributed by atoms with E-state index in [1.807, 2.05) is 6.92 Å². The summed E-state index contributed by atoms with van der Waals surface area (Å²) in [5, 5.41) is 0. The van der Waals surface area contributed by atoms with Crippen molar-refractivity contribution >= 4 is 0 Å². The minimum Gasteiger partial charge on any atom is -0.364 e. The van der Waals surface area contributed by atoms with Gasteiger partial charge in [-0.25, -0.2) is 0 Å². The fourth-order valence-electron chi connectivity index (χ4n) is 1.55. The molecule has 2 unspecified atom stereocenters. The van der Waals surface area contributed by atoms with Gasteiger partial charge >= 0.3 is 6.18 Å². The van der Waals surface area contributed by atoms with E-state index >= 15 is 0 Å². The smallest absolute Gasteiger partial charge is 0.364 e. The summed E-state index contributed by atoms with van der Waals surface area (Å²) in [7, 11) is 0. The van der Waals surface area contributed by atoms with Crippen molar-refractivity contribution < 1.29 is 17.9 Å². The first-order valence-electron chi connectivity index (χ1n) is 4.88. The van der Waals surface area contributed by atoms with Crippen LogP contribution in [0.3, 0.4) is 0 Å². The highest BCUT2D eigenvalue weighted by Crippen LogP contribution is 2.27. The molecule has 0 aromatic carbocycles. The lowest BCUT2D eigenvalue weighted by Gasteiger charge is -2.24. The summed E-state index contributed by atoms with van der Waals surface area (Å²) in [5.41, 5.74) is 0. The second-order valence-electron chi connectivity index (χ2n) is 3.66. The van der Waals surface area contributed by atoms with E-state index in [1.165, 1.54) is 0 Å². The summed E-state index contributed by atoms with van der Waals surface area (Å²) in [4.78, 5) is 1.78. The molecular formula is C9H16F3NO. The van der Waals surface area contributed by atoms with Crippen LogP contribution in [0.5, 0.6) is 0 Å². The van der Waals surface area contributed by atoms with Gasteiger partial charge in [-0.05, 0) is 19.9 Å². The molecule has 0 radical (unpaired) electrons. The lowest BCUT2D eigenvalue weighted by Crippen LogP contribution is -2.41. The van der Waals surface area contributed by atoms with Crippen LogP contribution in [0.4, 0.5) is 13.2 Å². The van der Waals surface area contributed by atoms with Gasteiger partial charge in [0, 0.05) is 13.1 Å². The van der Waals surface area contributed by atoms with Gasteiger partial charge in [0.05, 0.1) is 6.10 Å². The maximum atomic E-state index is 12.5. The van der Waals surface area contributed by atoms with Crippen molar-refractivity contribution in [3.05, 3.63) is 0 Å². The Morgan fingerprint density at radius 3 is 2.57 bits per heavy atom. The van der Waals surface area contributed by atoms with Gasteiger partial charge in [0.15, 0.2) is 6.10 Å². The number of rotatable bonds is 1. The molecule has 0 aromatic heterocycles. The van der Waals surface area contributed by atoms with E-state index in [9.17, 15) is 13.2 Å². The predicted octanol–water partition coefficient (Wildman–Crippen LogP) is 2.05. The highest BCUT2D eigenvalue weighted by molar-refractivity contribution is 4.77. The third-order valence-electron chi connectivity index (χ3n) is 2.48. The molecule has 1 heterocycles. The third-order valence-corrected chi connectivity index (χ3v) is 2.48. The SMILES string of the molecule is CCN1CCC(C)OC(C(F)(F)F)C1. The van der Waals surface area contributed by atoms with E-state index in [0.717, 1.165) is 0 Å². The van der Waals surface area contributed by atoms with Gasteiger partial charge in [-0.1, -0.05) is 6.92 Å². The fraction of sp³-hybridized carbons (Fsp3) is 1.00. The molecule has 1 saturated heterocycles. The molecule has 5 heteroatoms. The summed E-state index contributed by atoms with van der Waals surface area (Å²) >= 11 is 0. The van der Waals surface area contributed by atoms with E-state index in [1.54, 1.807) is 11.8 Å². The Balaban J connectivity index is 2.64. The summed E-state index contributed by atoms with van der Waals surface area (Å²) in [6.07, 6.45) is -5.51. The maximum absolute atomic E-state index is 12.5. The number of ether oxygens (including phenoxy) is 1. The molecule has 0 aromatic rings. The number of nitrogens with zero attached hydrogens (tertiary/aromatic N) is 1. The van der Waals surface area contributed by atoms with Crippen molar-refractivity contribution in [3.8, 4) is 0 Å². The van der Waals surface area contributed by atoms with Crippen molar-refractivity contribution in [3.63, 3.8) is 0 Å². The molecule has 14 heavy (non-hydrogen) atoms. The number of hydrogen-bond acceptors (Lipinski definition) is 2. The zero-order valence-electron chi connectivity index (χ0n) is 8.47. The molecule has 0 amide bonds. The maximum Gasteiger partial charge on any atom is 0.415 e. The van der Waals surface area contributed by atoms with Crippen molar-refractivity contribution in [2.45, 2.75) is 38.7 Å². The molecule has 1 fully saturated rings. The normalized spacial score (nSPS) is 31.5. The van der Waals surface area contributed by atoms with Crippen LogP contribution in [-0.4, -0.2) is 42.9 Å². The average Bonchev–Trinajstić information content (AvgIpc) is 2.26. The summed E-state index contributed by atoms with van der Waals surface area (Å²) in [6.45, 7) is 4.85. The van der Waals surface area contributed by atoms with E-state index in [0.29, 0.717) is 19.5 Å². The van der Waals surface area contributed by atoms with Crippen LogP contribution >= 0.6 is 0 Å². The topological polar surface area (TPSA) is 12.5 Å². The molecule has 2 atom stereocenters. The summed E-state index contributed by atoms with van der Waals surface area (Å²) in [6, 6.07) is 0. The molecular weight excluding hydrogens is 195 g/mol. The molecule has 0 bridgehead atoms. The molecule has 84 valence electrons. The highest BCUT2D eigenvalue weighted by atomic mass is 19.4. The van der Waals surface area contributed by atoms with Gasteiger partial charge in [0.25, 0.3) is 0 Å². The van der Waals surface area contributed by atoms with Crippen molar-refractivity contribution in [2.24, 2.45) is 0 Å². The lowest BCUT2D eigenvalue weighted by atomic mass is 10.3. The summed E-state index contributed by atoms with van der Waals surface area (Å²) in [5.74, 6) is 0. The zero-order chi connectivity index (χ0) is 10.8. The van der Waals surface area contributed by atoms with E-state index in [-0.39, 0.29) is 12.6 Å². The Morgan fingerprint density at radius 1 is 1.43 bits per heavy atom.